The summed E-state index contributed by atoms with van der Waals surface area (Å²) >= 11 is 0. The second kappa shape index (κ2) is 5.36. The molecule has 1 rings (SSSR count). The van der Waals surface area contributed by atoms with Gasteiger partial charge in [0.15, 0.2) is 6.29 Å². The summed E-state index contributed by atoms with van der Waals surface area (Å²) in [6.45, 7) is 0. The Hall–Kier alpha value is -3.01. The van der Waals surface area contributed by atoms with Gasteiger partial charge in [-0.1, -0.05) is 0 Å². The van der Waals surface area contributed by atoms with Crippen LogP contribution in [-0.4, -0.2) is 22.3 Å². The molecule has 0 atom stereocenters. The topological polar surface area (TPSA) is 121 Å². The lowest BCUT2D eigenvalue weighted by Crippen LogP contribution is -1.97. The molecule has 0 aliphatic rings. The Morgan fingerprint density at radius 1 is 1.44 bits per heavy atom. The van der Waals surface area contributed by atoms with Crippen LogP contribution in [0.5, 0.6) is 0 Å². The third kappa shape index (κ3) is 2.76. The van der Waals surface area contributed by atoms with Crippen LogP contribution in [0, 0.1) is 21.4 Å². The molecule has 1 aromatic carbocycles. The summed E-state index contributed by atoms with van der Waals surface area (Å²) in [4.78, 5) is 31.0. The molecule has 0 radical (unpaired) electrons. The number of carboxylic acids is 1. The predicted molar refractivity (Wildman–Crippen MR) is 59.9 cm³/mol. The normalized spacial score (nSPS) is 9.94. The van der Waals surface area contributed by atoms with Crippen LogP contribution in [0.3, 0.4) is 0 Å². The number of nitro groups is 1. The maximum atomic E-state index is 10.8. The fourth-order valence-corrected chi connectivity index (χ4v) is 1.27. The van der Waals surface area contributed by atoms with E-state index in [2.05, 4.69) is 0 Å². The number of hydrogen-bond acceptors (Lipinski definition) is 5. The van der Waals surface area contributed by atoms with Crippen LogP contribution in [0.4, 0.5) is 5.69 Å². The van der Waals surface area contributed by atoms with Crippen LogP contribution < -0.4 is 0 Å². The number of benzene rings is 1. The molecule has 0 heterocycles. The summed E-state index contributed by atoms with van der Waals surface area (Å²) < 4.78 is 0. The standard InChI is InChI=1S/C11H6N2O5/c12-5-8-3-7(1-2-11(15)16)9(6-14)4-10(8)13(17)18/h1-4,6H,(H,15,16)/b2-1+. The lowest BCUT2D eigenvalue weighted by Gasteiger charge is -2.01. The zero-order valence-electron chi connectivity index (χ0n) is 8.86. The van der Waals surface area contributed by atoms with Crippen molar-refractivity contribution in [2.45, 2.75) is 0 Å². The van der Waals surface area contributed by atoms with E-state index in [1.165, 1.54) is 0 Å². The van der Waals surface area contributed by atoms with Gasteiger partial charge in [0.2, 0.25) is 0 Å². The van der Waals surface area contributed by atoms with E-state index in [0.29, 0.717) is 6.29 Å². The van der Waals surface area contributed by atoms with Gasteiger partial charge in [0.1, 0.15) is 11.6 Å². The van der Waals surface area contributed by atoms with E-state index < -0.39 is 16.6 Å². The lowest BCUT2D eigenvalue weighted by molar-refractivity contribution is -0.385. The minimum Gasteiger partial charge on any atom is -0.478 e. The number of rotatable bonds is 4. The summed E-state index contributed by atoms with van der Waals surface area (Å²) in [5.41, 5.74) is -0.657. The van der Waals surface area contributed by atoms with Gasteiger partial charge < -0.3 is 5.11 Å². The Morgan fingerprint density at radius 3 is 2.56 bits per heavy atom. The Balaban J connectivity index is 3.45. The van der Waals surface area contributed by atoms with Crippen molar-refractivity contribution in [3.63, 3.8) is 0 Å². The van der Waals surface area contributed by atoms with Gasteiger partial charge in [-0.25, -0.2) is 4.79 Å². The highest BCUT2D eigenvalue weighted by atomic mass is 16.6. The fraction of sp³-hybridized carbons (Fsp3) is 0. The molecule has 90 valence electrons. The van der Waals surface area contributed by atoms with Gasteiger partial charge in [-0.2, -0.15) is 5.26 Å². The van der Waals surface area contributed by atoms with Crippen LogP contribution in [0.15, 0.2) is 18.2 Å². The Kier molecular flexibility index (Phi) is 3.89. The molecule has 7 heteroatoms. The second-order valence-electron chi connectivity index (χ2n) is 3.16. The number of carboxylic acid groups (broad SMARTS) is 1. The first-order valence-corrected chi connectivity index (χ1v) is 4.58. The maximum absolute atomic E-state index is 10.8. The highest BCUT2D eigenvalue weighted by Crippen LogP contribution is 2.23. The third-order valence-corrected chi connectivity index (χ3v) is 2.05. The average Bonchev–Trinajstić information content (AvgIpc) is 2.34. The van der Waals surface area contributed by atoms with Gasteiger partial charge in [-0.05, 0) is 17.7 Å². The Morgan fingerprint density at radius 2 is 2.11 bits per heavy atom. The minimum absolute atomic E-state index is 0.0572. The number of aldehydes is 1. The fourth-order valence-electron chi connectivity index (χ4n) is 1.27. The molecule has 0 bridgehead atoms. The summed E-state index contributed by atoms with van der Waals surface area (Å²) in [6.07, 6.45) is 2.22. The van der Waals surface area contributed by atoms with Crippen molar-refractivity contribution in [1.82, 2.24) is 0 Å². The van der Waals surface area contributed by atoms with E-state index in [9.17, 15) is 19.7 Å². The van der Waals surface area contributed by atoms with Crippen LogP contribution in [0.2, 0.25) is 0 Å². The smallest absolute Gasteiger partial charge is 0.328 e. The van der Waals surface area contributed by atoms with Gasteiger partial charge >= 0.3 is 5.97 Å². The van der Waals surface area contributed by atoms with E-state index >= 15 is 0 Å². The van der Waals surface area contributed by atoms with Crippen molar-refractivity contribution in [3.8, 4) is 6.07 Å². The summed E-state index contributed by atoms with van der Waals surface area (Å²) in [7, 11) is 0. The molecule has 0 unspecified atom stereocenters. The molecule has 7 nitrogen and oxygen atoms in total. The van der Waals surface area contributed by atoms with Crippen molar-refractivity contribution in [1.29, 1.82) is 5.26 Å². The molecule has 0 aliphatic heterocycles. The van der Waals surface area contributed by atoms with Gasteiger partial charge in [0.25, 0.3) is 5.69 Å². The number of carbonyl (C=O) groups excluding carboxylic acids is 1. The third-order valence-electron chi connectivity index (χ3n) is 2.05. The highest BCUT2D eigenvalue weighted by molar-refractivity contribution is 5.90. The van der Waals surface area contributed by atoms with Crippen molar-refractivity contribution < 1.29 is 19.6 Å². The lowest BCUT2D eigenvalue weighted by atomic mass is 10.0. The minimum atomic E-state index is -1.23. The van der Waals surface area contributed by atoms with E-state index in [0.717, 1.165) is 24.3 Å². The zero-order chi connectivity index (χ0) is 13.7. The number of carbonyl (C=O) groups is 2. The van der Waals surface area contributed by atoms with Crippen molar-refractivity contribution in [2.75, 3.05) is 0 Å². The number of aliphatic carboxylic acids is 1. The largest absolute Gasteiger partial charge is 0.478 e. The highest BCUT2D eigenvalue weighted by Gasteiger charge is 2.16. The summed E-state index contributed by atoms with van der Waals surface area (Å²) in [6, 6.07) is 3.65. The molecular formula is C11H6N2O5. The van der Waals surface area contributed by atoms with E-state index in [1.807, 2.05) is 0 Å². The molecule has 18 heavy (non-hydrogen) atoms. The van der Waals surface area contributed by atoms with Gasteiger partial charge in [-0.15, -0.1) is 0 Å². The quantitative estimate of drug-likeness (QED) is 0.370. The Bertz CT molecular complexity index is 598. The van der Waals surface area contributed by atoms with Crippen LogP contribution >= 0.6 is 0 Å². The molecule has 0 saturated heterocycles. The molecule has 0 spiro atoms. The van der Waals surface area contributed by atoms with E-state index in [4.69, 9.17) is 10.4 Å². The van der Waals surface area contributed by atoms with Crippen molar-refractivity contribution in [2.24, 2.45) is 0 Å². The van der Waals surface area contributed by atoms with E-state index in [-0.39, 0.29) is 16.7 Å². The molecular weight excluding hydrogens is 240 g/mol. The van der Waals surface area contributed by atoms with Gasteiger partial charge in [0, 0.05) is 17.7 Å². The molecule has 0 aliphatic carbocycles. The first kappa shape index (κ1) is 13.1. The van der Waals surface area contributed by atoms with Crippen LogP contribution in [0.1, 0.15) is 21.5 Å². The first-order chi connectivity index (χ1) is 8.49. The molecule has 1 N–H and O–H groups in total. The Labute approximate surface area is 101 Å². The maximum Gasteiger partial charge on any atom is 0.328 e. The molecule has 0 fully saturated rings. The molecule has 1 aromatic rings. The van der Waals surface area contributed by atoms with E-state index in [1.54, 1.807) is 6.07 Å². The SMILES string of the molecule is N#Cc1cc(/C=C/C(=O)O)c(C=O)cc1[N+](=O)[O-]. The monoisotopic (exact) mass is 246 g/mol. The number of nitro benzene ring substituents is 1. The van der Waals surface area contributed by atoms with Gasteiger partial charge in [-0.3, -0.25) is 14.9 Å². The number of nitriles is 1. The molecule has 0 saturated carbocycles. The average molecular weight is 246 g/mol. The molecule has 0 aromatic heterocycles. The zero-order valence-corrected chi connectivity index (χ0v) is 8.86. The second-order valence-corrected chi connectivity index (χ2v) is 3.16. The van der Waals surface area contributed by atoms with Crippen LogP contribution in [-0.2, 0) is 4.79 Å². The summed E-state index contributed by atoms with van der Waals surface area (Å²) in [5.74, 6) is -1.23. The number of nitrogens with zero attached hydrogens (tertiary/aromatic N) is 2. The number of hydrogen-bond donors (Lipinski definition) is 1. The van der Waals surface area contributed by atoms with Gasteiger partial charge in [0.05, 0.1) is 4.92 Å². The van der Waals surface area contributed by atoms with Crippen molar-refractivity contribution >= 4 is 24.0 Å². The van der Waals surface area contributed by atoms with Crippen LogP contribution in [0.25, 0.3) is 6.08 Å². The predicted octanol–water partition coefficient (Wildman–Crippen LogP) is 1.38. The first-order valence-electron chi connectivity index (χ1n) is 4.58. The molecule has 0 amide bonds. The van der Waals surface area contributed by atoms with Crippen molar-refractivity contribution in [3.05, 3.63) is 45.0 Å². The summed E-state index contributed by atoms with van der Waals surface area (Å²) in [5, 5.41) is 27.9.